The average molecular weight is 624 g/mol. The molecule has 226 valence electrons. The lowest BCUT2D eigenvalue weighted by Crippen LogP contribution is -2.55. The molecular formula is C43H33N3S. The standard InChI is InChI=1S/C43H33N3S/c1-2-9-27(10-3-1)40-44-41(46-42(45-40)34-13-8-16-38-39(34)33-12-5-7-15-37(33)47-38)28-17-18-32-31-11-4-6-14-35(31)43(36(32)24-28)29-20-25-19-26(22-29)23-30(43)21-25/h1-18,24-26,29-30H,19-23H2. The highest BCUT2D eigenvalue weighted by molar-refractivity contribution is 7.25. The Labute approximate surface area is 278 Å². The minimum Gasteiger partial charge on any atom is -0.208 e. The Morgan fingerprint density at radius 2 is 1.13 bits per heavy atom. The zero-order valence-corrected chi connectivity index (χ0v) is 26.9. The van der Waals surface area contributed by atoms with Gasteiger partial charge >= 0.3 is 0 Å². The van der Waals surface area contributed by atoms with Crippen molar-refractivity contribution in [2.24, 2.45) is 23.7 Å². The van der Waals surface area contributed by atoms with E-state index in [2.05, 4.69) is 109 Å². The summed E-state index contributed by atoms with van der Waals surface area (Å²) in [6.07, 6.45) is 6.95. The van der Waals surface area contributed by atoms with Crippen molar-refractivity contribution in [3.8, 4) is 45.3 Å². The van der Waals surface area contributed by atoms with Crippen LogP contribution >= 0.6 is 11.3 Å². The van der Waals surface area contributed by atoms with Crippen molar-refractivity contribution in [2.75, 3.05) is 0 Å². The predicted molar refractivity (Wildman–Crippen MR) is 192 cm³/mol. The number of rotatable bonds is 3. The van der Waals surface area contributed by atoms with E-state index in [0.717, 1.165) is 57.8 Å². The molecular weight excluding hydrogens is 591 g/mol. The third kappa shape index (κ3) is 3.65. The lowest BCUT2D eigenvalue weighted by Gasteiger charge is -2.61. The molecule has 5 aromatic carbocycles. The number of fused-ring (bicyclic) bond motifs is 6. The summed E-state index contributed by atoms with van der Waals surface area (Å²) in [6, 6.07) is 42.1. The molecule has 0 N–H and O–H groups in total. The van der Waals surface area contributed by atoms with Gasteiger partial charge in [-0.15, -0.1) is 11.3 Å². The van der Waals surface area contributed by atoms with Gasteiger partial charge in [-0.1, -0.05) is 97.1 Å². The molecule has 0 amide bonds. The average Bonchev–Trinajstić information content (AvgIpc) is 3.64. The summed E-state index contributed by atoms with van der Waals surface area (Å²) < 4.78 is 2.54. The molecule has 0 aliphatic heterocycles. The fourth-order valence-electron chi connectivity index (χ4n) is 10.6. The number of benzene rings is 5. The highest BCUT2D eigenvalue weighted by Crippen LogP contribution is 2.69. The number of thiophene rings is 1. The van der Waals surface area contributed by atoms with Crippen molar-refractivity contribution in [3.63, 3.8) is 0 Å². The van der Waals surface area contributed by atoms with Gasteiger partial charge in [0.1, 0.15) is 0 Å². The van der Waals surface area contributed by atoms with Gasteiger partial charge in [-0.2, -0.15) is 0 Å². The van der Waals surface area contributed by atoms with Gasteiger partial charge in [0.25, 0.3) is 0 Å². The smallest absolute Gasteiger partial charge is 0.164 e. The van der Waals surface area contributed by atoms with Gasteiger partial charge in [-0.05, 0) is 96.2 Å². The van der Waals surface area contributed by atoms with Crippen LogP contribution in [-0.4, -0.2) is 15.0 Å². The van der Waals surface area contributed by atoms with Gasteiger partial charge in [0.15, 0.2) is 17.5 Å². The molecule has 1 spiro atoms. The second kappa shape index (κ2) is 9.68. The van der Waals surface area contributed by atoms with Crippen LogP contribution in [0.5, 0.6) is 0 Å². The molecule has 5 aliphatic rings. The van der Waals surface area contributed by atoms with Gasteiger partial charge in [0, 0.05) is 42.3 Å². The molecule has 4 fully saturated rings. The van der Waals surface area contributed by atoms with E-state index in [1.165, 1.54) is 69.0 Å². The maximum atomic E-state index is 5.32. The fourth-order valence-corrected chi connectivity index (χ4v) is 11.7. The highest BCUT2D eigenvalue weighted by atomic mass is 32.1. The van der Waals surface area contributed by atoms with Crippen LogP contribution in [0.2, 0.25) is 0 Å². The Morgan fingerprint density at radius 1 is 0.489 bits per heavy atom. The number of nitrogens with zero attached hydrogens (tertiary/aromatic N) is 3. The molecule has 5 aliphatic carbocycles. The first kappa shape index (κ1) is 26.4. The van der Waals surface area contributed by atoms with E-state index in [0.29, 0.717) is 0 Å². The molecule has 4 saturated carbocycles. The van der Waals surface area contributed by atoms with Crippen LogP contribution in [0.25, 0.3) is 65.5 Å². The first-order chi connectivity index (χ1) is 23.2. The second-order valence-electron chi connectivity index (χ2n) is 14.4. The van der Waals surface area contributed by atoms with Gasteiger partial charge in [0.05, 0.1) is 0 Å². The van der Waals surface area contributed by atoms with E-state index in [9.17, 15) is 0 Å². The van der Waals surface area contributed by atoms with E-state index < -0.39 is 0 Å². The summed E-state index contributed by atoms with van der Waals surface area (Å²) in [5, 5.41) is 2.48. The third-order valence-corrected chi connectivity index (χ3v) is 13.3. The Hall–Kier alpha value is -4.67. The maximum Gasteiger partial charge on any atom is 0.164 e. The molecule has 0 unspecified atom stereocenters. The molecule has 12 rings (SSSR count). The normalized spacial score (nSPS) is 25.1. The summed E-state index contributed by atoms with van der Waals surface area (Å²) in [4.78, 5) is 15.7. The van der Waals surface area contributed by atoms with Crippen molar-refractivity contribution >= 4 is 31.5 Å². The van der Waals surface area contributed by atoms with Crippen LogP contribution in [0.15, 0.2) is 115 Å². The molecule has 4 bridgehead atoms. The summed E-state index contributed by atoms with van der Waals surface area (Å²) >= 11 is 1.83. The summed E-state index contributed by atoms with van der Waals surface area (Å²) in [5.41, 5.74) is 9.24. The SMILES string of the molecule is c1ccc(-c2nc(-c3ccc4c(c3)C3(c5ccccc5-4)C4CC5CC(C4)CC3C5)nc(-c3cccc4sc5ccccc5c34)n2)cc1. The summed E-state index contributed by atoms with van der Waals surface area (Å²) in [5.74, 6) is 5.47. The van der Waals surface area contributed by atoms with Gasteiger partial charge < -0.3 is 0 Å². The molecule has 0 atom stereocenters. The van der Waals surface area contributed by atoms with Crippen molar-refractivity contribution < 1.29 is 0 Å². The Balaban J connectivity index is 1.14. The first-order valence-electron chi connectivity index (χ1n) is 17.2. The zero-order chi connectivity index (χ0) is 30.7. The van der Waals surface area contributed by atoms with Gasteiger partial charge in [-0.25, -0.2) is 15.0 Å². The van der Waals surface area contributed by atoms with E-state index in [1.807, 2.05) is 17.4 Å². The van der Waals surface area contributed by atoms with Crippen LogP contribution in [-0.2, 0) is 5.41 Å². The van der Waals surface area contributed by atoms with Crippen molar-refractivity contribution in [3.05, 3.63) is 126 Å². The lowest BCUT2D eigenvalue weighted by atomic mass is 9.43. The molecule has 0 radical (unpaired) electrons. The van der Waals surface area contributed by atoms with Crippen LogP contribution in [0.1, 0.15) is 43.2 Å². The molecule has 3 nitrogen and oxygen atoms in total. The quantitative estimate of drug-likeness (QED) is 0.197. The largest absolute Gasteiger partial charge is 0.208 e. The van der Waals surface area contributed by atoms with Crippen molar-refractivity contribution in [1.82, 2.24) is 15.0 Å². The molecule has 2 heterocycles. The van der Waals surface area contributed by atoms with Crippen LogP contribution in [0, 0.1) is 23.7 Å². The molecule has 2 aromatic heterocycles. The minimum absolute atomic E-state index is 0.106. The zero-order valence-electron chi connectivity index (χ0n) is 26.1. The topological polar surface area (TPSA) is 38.7 Å². The third-order valence-electron chi connectivity index (χ3n) is 12.1. The van der Waals surface area contributed by atoms with E-state index in [-0.39, 0.29) is 5.41 Å². The van der Waals surface area contributed by atoms with E-state index in [4.69, 9.17) is 15.0 Å². The molecule has 0 saturated heterocycles. The number of aromatic nitrogens is 3. The van der Waals surface area contributed by atoms with E-state index >= 15 is 0 Å². The monoisotopic (exact) mass is 623 g/mol. The van der Waals surface area contributed by atoms with Crippen LogP contribution in [0.4, 0.5) is 0 Å². The lowest BCUT2D eigenvalue weighted by molar-refractivity contribution is -0.0399. The minimum atomic E-state index is 0.106. The predicted octanol–water partition coefficient (Wildman–Crippen LogP) is 11.0. The van der Waals surface area contributed by atoms with Crippen molar-refractivity contribution in [1.29, 1.82) is 0 Å². The maximum absolute atomic E-state index is 5.32. The fraction of sp³-hybridized carbons (Fsp3) is 0.233. The van der Waals surface area contributed by atoms with Crippen molar-refractivity contribution in [2.45, 2.75) is 37.5 Å². The number of hydrogen-bond acceptors (Lipinski definition) is 4. The van der Waals surface area contributed by atoms with Gasteiger partial charge in [-0.3, -0.25) is 0 Å². The Bertz CT molecular complexity index is 2360. The Morgan fingerprint density at radius 3 is 1.96 bits per heavy atom. The molecule has 4 heteroatoms. The number of hydrogen-bond donors (Lipinski definition) is 0. The molecule has 47 heavy (non-hydrogen) atoms. The van der Waals surface area contributed by atoms with Crippen LogP contribution in [0.3, 0.4) is 0 Å². The molecule has 7 aromatic rings. The Kier molecular flexibility index (Phi) is 5.44. The van der Waals surface area contributed by atoms with E-state index in [1.54, 1.807) is 5.56 Å². The summed E-state index contributed by atoms with van der Waals surface area (Å²) in [6.45, 7) is 0. The second-order valence-corrected chi connectivity index (χ2v) is 15.5. The summed E-state index contributed by atoms with van der Waals surface area (Å²) in [7, 11) is 0. The van der Waals surface area contributed by atoms with Gasteiger partial charge in [0.2, 0.25) is 0 Å². The highest BCUT2D eigenvalue weighted by Gasteiger charge is 2.61. The first-order valence-corrected chi connectivity index (χ1v) is 18.0. The van der Waals surface area contributed by atoms with Crippen LogP contribution < -0.4 is 0 Å².